The van der Waals surface area contributed by atoms with Crippen molar-refractivity contribution in [2.45, 2.75) is 44.7 Å². The van der Waals surface area contributed by atoms with Crippen molar-refractivity contribution in [1.82, 2.24) is 15.6 Å². The van der Waals surface area contributed by atoms with Crippen LogP contribution in [0.5, 0.6) is 11.5 Å². The van der Waals surface area contributed by atoms with Crippen molar-refractivity contribution in [2.24, 2.45) is 5.92 Å². The maximum absolute atomic E-state index is 12.2. The lowest BCUT2D eigenvalue weighted by atomic mass is 9.86. The summed E-state index contributed by atoms with van der Waals surface area (Å²) in [4.78, 5) is 27.3. The van der Waals surface area contributed by atoms with E-state index in [2.05, 4.69) is 15.6 Å². The third-order valence-electron chi connectivity index (χ3n) is 5.01. The molecule has 28 heavy (non-hydrogen) atoms. The zero-order valence-corrected chi connectivity index (χ0v) is 15.8. The lowest BCUT2D eigenvalue weighted by molar-refractivity contribution is -0.142. The zero-order chi connectivity index (χ0) is 19.9. The number of aromatic nitrogens is 1. The first-order valence-corrected chi connectivity index (χ1v) is 9.49. The topological polar surface area (TPSA) is 101 Å². The van der Waals surface area contributed by atoms with E-state index >= 15 is 0 Å². The van der Waals surface area contributed by atoms with Crippen LogP contribution in [-0.4, -0.2) is 28.1 Å². The highest BCUT2D eigenvalue weighted by Gasteiger charge is 2.26. The van der Waals surface area contributed by atoms with Crippen LogP contribution in [0.2, 0.25) is 0 Å². The van der Waals surface area contributed by atoms with Crippen molar-refractivity contribution < 1.29 is 19.4 Å². The minimum atomic E-state index is -0.743. The van der Waals surface area contributed by atoms with Crippen molar-refractivity contribution >= 4 is 12.0 Å². The number of carboxylic acid groups (broad SMARTS) is 1. The molecule has 1 fully saturated rings. The second-order valence-electron chi connectivity index (χ2n) is 7.09. The molecule has 0 saturated heterocycles. The third kappa shape index (κ3) is 5.45. The van der Waals surface area contributed by atoms with Crippen LogP contribution in [0.25, 0.3) is 0 Å². The van der Waals surface area contributed by atoms with Gasteiger partial charge in [0.05, 0.1) is 18.2 Å². The summed E-state index contributed by atoms with van der Waals surface area (Å²) in [5.41, 5.74) is 0.961. The molecular weight excluding hydrogens is 358 g/mol. The van der Waals surface area contributed by atoms with Crippen LogP contribution in [0.15, 0.2) is 48.8 Å². The maximum atomic E-state index is 12.2. The summed E-state index contributed by atoms with van der Waals surface area (Å²) < 4.78 is 5.72. The van der Waals surface area contributed by atoms with Crippen LogP contribution in [0.1, 0.15) is 44.2 Å². The summed E-state index contributed by atoms with van der Waals surface area (Å²) in [5, 5.41) is 14.9. The molecular formula is C21H25N3O4. The van der Waals surface area contributed by atoms with Gasteiger partial charge in [0.25, 0.3) is 0 Å². The lowest BCUT2D eigenvalue weighted by Gasteiger charge is -2.27. The number of rotatable bonds is 6. The molecule has 1 aromatic heterocycles. The Morgan fingerprint density at radius 1 is 1.11 bits per heavy atom. The standard InChI is InChI=1S/C21H25N3O4/c1-14(23-21(27)24-17-8-4-16(5-9-17)20(25)26)15-6-10-18(11-7-15)28-19-3-2-12-22-13-19/h2-3,6-7,10-14,16-17H,4-5,8-9H2,1H3,(H,25,26)(H2,23,24,27). The van der Waals surface area contributed by atoms with Crippen molar-refractivity contribution in [1.29, 1.82) is 0 Å². The molecule has 1 heterocycles. The molecule has 1 aromatic carbocycles. The Bertz CT molecular complexity index is 787. The molecule has 0 aliphatic heterocycles. The SMILES string of the molecule is CC(NC(=O)NC1CCC(C(=O)O)CC1)c1ccc(Oc2cccnc2)cc1. The third-order valence-corrected chi connectivity index (χ3v) is 5.01. The monoisotopic (exact) mass is 383 g/mol. The predicted octanol–water partition coefficient (Wildman–Crippen LogP) is 3.88. The van der Waals surface area contributed by atoms with Crippen molar-refractivity contribution in [2.75, 3.05) is 0 Å². The molecule has 1 atom stereocenters. The highest BCUT2D eigenvalue weighted by atomic mass is 16.5. The second kappa shape index (κ2) is 9.21. The minimum absolute atomic E-state index is 0.0260. The van der Waals surface area contributed by atoms with Crippen LogP contribution >= 0.6 is 0 Å². The Morgan fingerprint density at radius 2 is 1.82 bits per heavy atom. The quantitative estimate of drug-likeness (QED) is 0.703. The zero-order valence-electron chi connectivity index (χ0n) is 15.8. The van der Waals surface area contributed by atoms with Gasteiger partial charge in [0.2, 0.25) is 0 Å². The van der Waals surface area contributed by atoms with Crippen molar-refractivity contribution in [3.05, 3.63) is 54.4 Å². The fourth-order valence-corrected chi connectivity index (χ4v) is 3.36. The summed E-state index contributed by atoms with van der Waals surface area (Å²) in [7, 11) is 0. The van der Waals surface area contributed by atoms with E-state index in [0.29, 0.717) is 37.2 Å². The van der Waals surface area contributed by atoms with Crippen LogP contribution in [-0.2, 0) is 4.79 Å². The number of ether oxygens (including phenoxy) is 1. The van der Waals surface area contributed by atoms with E-state index in [0.717, 1.165) is 5.56 Å². The van der Waals surface area contributed by atoms with Crippen LogP contribution in [0.3, 0.4) is 0 Å². The van der Waals surface area contributed by atoms with Gasteiger partial charge in [-0.25, -0.2) is 4.79 Å². The molecule has 7 nitrogen and oxygen atoms in total. The fraction of sp³-hybridized carbons (Fsp3) is 0.381. The van der Waals surface area contributed by atoms with Gasteiger partial charge in [0, 0.05) is 12.2 Å². The van der Waals surface area contributed by atoms with Crippen LogP contribution < -0.4 is 15.4 Å². The Kier molecular flexibility index (Phi) is 6.47. The fourth-order valence-electron chi connectivity index (χ4n) is 3.36. The van der Waals surface area contributed by atoms with Gasteiger partial charge in [-0.3, -0.25) is 9.78 Å². The maximum Gasteiger partial charge on any atom is 0.315 e. The predicted molar refractivity (Wildman–Crippen MR) is 104 cm³/mol. The number of urea groups is 1. The van der Waals surface area contributed by atoms with Gasteiger partial charge in [-0.15, -0.1) is 0 Å². The Labute approximate surface area is 164 Å². The van der Waals surface area contributed by atoms with E-state index in [1.165, 1.54) is 0 Å². The van der Waals surface area contributed by atoms with E-state index in [-0.39, 0.29) is 24.0 Å². The molecule has 3 N–H and O–H groups in total. The number of pyridine rings is 1. The van der Waals surface area contributed by atoms with Crippen molar-refractivity contribution in [3.8, 4) is 11.5 Å². The summed E-state index contributed by atoms with van der Waals surface area (Å²) >= 11 is 0. The molecule has 7 heteroatoms. The first kappa shape index (κ1) is 19.7. The lowest BCUT2D eigenvalue weighted by Crippen LogP contribution is -2.44. The van der Waals surface area contributed by atoms with Gasteiger partial charge >= 0.3 is 12.0 Å². The van der Waals surface area contributed by atoms with E-state index < -0.39 is 5.97 Å². The number of hydrogen-bond acceptors (Lipinski definition) is 4. The Morgan fingerprint density at radius 3 is 2.43 bits per heavy atom. The van der Waals surface area contributed by atoms with Crippen molar-refractivity contribution in [3.63, 3.8) is 0 Å². The molecule has 0 spiro atoms. The number of carbonyl (C=O) groups excluding carboxylic acids is 1. The second-order valence-corrected chi connectivity index (χ2v) is 7.09. The Hall–Kier alpha value is -3.09. The van der Waals surface area contributed by atoms with Gasteiger partial charge in [0.1, 0.15) is 11.5 Å². The average Bonchev–Trinajstić information content (AvgIpc) is 2.69. The number of nitrogens with zero attached hydrogens (tertiary/aromatic N) is 1. The highest BCUT2D eigenvalue weighted by Crippen LogP contribution is 2.25. The van der Waals surface area contributed by atoms with Gasteiger partial charge in [-0.05, 0) is 62.4 Å². The molecule has 0 radical (unpaired) electrons. The molecule has 3 rings (SSSR count). The molecule has 1 saturated carbocycles. The van der Waals surface area contributed by atoms with Crippen LogP contribution in [0.4, 0.5) is 4.79 Å². The van der Waals surface area contributed by atoms with Gasteiger partial charge in [0.15, 0.2) is 0 Å². The first-order valence-electron chi connectivity index (χ1n) is 9.49. The number of carboxylic acids is 1. The normalized spacial score (nSPS) is 20.0. The van der Waals surface area contributed by atoms with Gasteiger partial charge < -0.3 is 20.5 Å². The number of benzene rings is 1. The van der Waals surface area contributed by atoms with E-state index in [1.54, 1.807) is 12.4 Å². The summed E-state index contributed by atoms with van der Waals surface area (Å²) in [6, 6.07) is 10.8. The molecule has 1 aliphatic carbocycles. The largest absolute Gasteiger partial charge is 0.481 e. The van der Waals surface area contributed by atoms with Gasteiger partial charge in [-0.1, -0.05) is 12.1 Å². The number of hydrogen-bond donors (Lipinski definition) is 3. The molecule has 0 bridgehead atoms. The molecule has 2 aromatic rings. The number of aliphatic carboxylic acids is 1. The van der Waals surface area contributed by atoms with Crippen LogP contribution in [0, 0.1) is 5.92 Å². The molecule has 148 valence electrons. The summed E-state index contributed by atoms with van der Waals surface area (Å²) in [6.45, 7) is 1.91. The first-order chi connectivity index (χ1) is 13.5. The number of carbonyl (C=O) groups is 2. The molecule has 1 aliphatic rings. The van der Waals surface area contributed by atoms with E-state index in [1.807, 2.05) is 43.3 Å². The molecule has 2 amide bonds. The summed E-state index contributed by atoms with van der Waals surface area (Å²) in [6.07, 6.45) is 5.93. The van der Waals surface area contributed by atoms with E-state index in [9.17, 15) is 9.59 Å². The number of amides is 2. The number of nitrogens with one attached hydrogen (secondary N) is 2. The van der Waals surface area contributed by atoms with E-state index in [4.69, 9.17) is 9.84 Å². The Balaban J connectivity index is 1.47. The molecule has 1 unspecified atom stereocenters. The smallest absolute Gasteiger partial charge is 0.315 e. The average molecular weight is 383 g/mol. The highest BCUT2D eigenvalue weighted by molar-refractivity contribution is 5.75. The summed E-state index contributed by atoms with van der Waals surface area (Å²) in [5.74, 6) is 0.335. The van der Waals surface area contributed by atoms with Gasteiger partial charge in [-0.2, -0.15) is 0 Å². The minimum Gasteiger partial charge on any atom is -0.481 e.